The summed E-state index contributed by atoms with van der Waals surface area (Å²) in [5.74, 6) is 1.44. The van der Waals surface area contributed by atoms with E-state index in [1.807, 2.05) is 43.0 Å². The molecule has 1 aromatic rings. The first kappa shape index (κ1) is 16.2. The number of benzene rings is 1. The molecule has 1 heterocycles. The van der Waals surface area contributed by atoms with Gasteiger partial charge < -0.3 is 14.7 Å². The molecule has 116 valence electrons. The summed E-state index contributed by atoms with van der Waals surface area (Å²) in [7, 11) is 0. The number of amides is 1. The van der Waals surface area contributed by atoms with Crippen LogP contribution in [0.25, 0.3) is 0 Å². The van der Waals surface area contributed by atoms with Crippen LogP contribution in [0.5, 0.6) is 5.75 Å². The average molecular weight is 309 g/mol. The third-order valence-electron chi connectivity index (χ3n) is 3.69. The molecule has 21 heavy (non-hydrogen) atoms. The predicted octanol–water partition coefficient (Wildman–Crippen LogP) is 2.55. The smallest absolute Gasteiger partial charge is 0.232 e. The molecule has 0 bridgehead atoms. The van der Waals surface area contributed by atoms with Crippen molar-refractivity contribution in [2.75, 3.05) is 25.4 Å². The number of rotatable bonds is 5. The first-order chi connectivity index (χ1) is 10.00. The minimum atomic E-state index is -0.612. The predicted molar refractivity (Wildman–Crippen MR) is 84.8 cm³/mol. The van der Waals surface area contributed by atoms with Crippen molar-refractivity contribution >= 4 is 17.7 Å². The molecule has 0 radical (unpaired) electrons. The maximum absolute atomic E-state index is 12.2. The summed E-state index contributed by atoms with van der Waals surface area (Å²) >= 11 is 1.54. The lowest BCUT2D eigenvalue weighted by Gasteiger charge is -2.35. The fourth-order valence-corrected chi connectivity index (χ4v) is 3.07. The molecule has 5 heteroatoms. The van der Waals surface area contributed by atoms with E-state index in [0.29, 0.717) is 38.3 Å². The summed E-state index contributed by atoms with van der Waals surface area (Å²) in [4.78, 5) is 15.1. The second-order valence-electron chi connectivity index (χ2n) is 5.57. The van der Waals surface area contributed by atoms with E-state index < -0.39 is 5.60 Å². The Morgan fingerprint density at radius 1 is 1.33 bits per heavy atom. The molecule has 1 amide bonds. The molecule has 0 unspecified atom stereocenters. The Balaban J connectivity index is 1.78. The van der Waals surface area contributed by atoms with Crippen molar-refractivity contribution in [3.63, 3.8) is 0 Å². The summed E-state index contributed by atoms with van der Waals surface area (Å²) in [5.41, 5.74) is -0.612. The van der Waals surface area contributed by atoms with Gasteiger partial charge in [0.1, 0.15) is 5.75 Å². The molecule has 4 nitrogen and oxygen atoms in total. The van der Waals surface area contributed by atoms with Gasteiger partial charge in [0, 0.05) is 18.0 Å². The third kappa shape index (κ3) is 4.93. The first-order valence-corrected chi connectivity index (χ1v) is 8.34. The molecule has 1 saturated heterocycles. The van der Waals surface area contributed by atoms with Crippen LogP contribution in [-0.4, -0.2) is 47.0 Å². The lowest BCUT2D eigenvalue weighted by molar-refractivity contribution is -0.132. The van der Waals surface area contributed by atoms with Gasteiger partial charge in [0.15, 0.2) is 0 Å². The minimum absolute atomic E-state index is 0.143. The Labute approximate surface area is 130 Å². The second kappa shape index (κ2) is 7.18. The zero-order chi connectivity index (χ0) is 15.3. The molecule has 2 rings (SSSR count). The van der Waals surface area contributed by atoms with Gasteiger partial charge in [0.25, 0.3) is 0 Å². The SMILES string of the molecule is CCOc1ccc(SCC(=O)N2CCC(C)(O)CC2)cc1. The number of nitrogens with zero attached hydrogens (tertiary/aromatic N) is 1. The van der Waals surface area contributed by atoms with Crippen LogP contribution in [0.15, 0.2) is 29.2 Å². The van der Waals surface area contributed by atoms with E-state index in [0.717, 1.165) is 10.6 Å². The van der Waals surface area contributed by atoms with Crippen LogP contribution in [0.3, 0.4) is 0 Å². The van der Waals surface area contributed by atoms with Gasteiger partial charge in [-0.25, -0.2) is 0 Å². The van der Waals surface area contributed by atoms with E-state index in [2.05, 4.69) is 0 Å². The summed E-state index contributed by atoms with van der Waals surface area (Å²) < 4.78 is 5.39. The Kier molecular flexibility index (Phi) is 5.53. The zero-order valence-corrected chi connectivity index (χ0v) is 13.5. The summed E-state index contributed by atoms with van der Waals surface area (Å²) in [6.45, 7) is 5.75. The lowest BCUT2D eigenvalue weighted by atomic mass is 9.94. The molecule has 1 aliphatic heterocycles. The maximum Gasteiger partial charge on any atom is 0.232 e. The molecule has 1 fully saturated rings. The van der Waals surface area contributed by atoms with E-state index in [1.165, 1.54) is 11.8 Å². The average Bonchev–Trinajstić information content (AvgIpc) is 2.46. The number of carbonyl (C=O) groups excluding carboxylic acids is 1. The van der Waals surface area contributed by atoms with Gasteiger partial charge in [0.05, 0.1) is 18.0 Å². The van der Waals surface area contributed by atoms with E-state index in [9.17, 15) is 9.90 Å². The molecule has 1 aliphatic rings. The standard InChI is InChI=1S/C16H23NO3S/c1-3-20-13-4-6-14(7-5-13)21-12-15(18)17-10-8-16(2,19)9-11-17/h4-7,19H,3,8-12H2,1-2H3. The number of carbonyl (C=O) groups is 1. The van der Waals surface area contributed by atoms with Crippen molar-refractivity contribution < 1.29 is 14.6 Å². The van der Waals surface area contributed by atoms with Crippen LogP contribution in [0, 0.1) is 0 Å². The Morgan fingerprint density at radius 2 is 1.95 bits per heavy atom. The monoisotopic (exact) mass is 309 g/mol. The van der Waals surface area contributed by atoms with Crippen LogP contribution in [-0.2, 0) is 4.79 Å². The molecular weight excluding hydrogens is 286 g/mol. The highest BCUT2D eigenvalue weighted by Crippen LogP contribution is 2.24. The fourth-order valence-electron chi connectivity index (χ4n) is 2.27. The number of hydrogen-bond donors (Lipinski definition) is 1. The third-order valence-corrected chi connectivity index (χ3v) is 4.69. The zero-order valence-electron chi connectivity index (χ0n) is 12.7. The molecule has 0 aliphatic carbocycles. The Morgan fingerprint density at radius 3 is 2.52 bits per heavy atom. The van der Waals surface area contributed by atoms with Crippen molar-refractivity contribution in [2.45, 2.75) is 37.2 Å². The summed E-state index contributed by atoms with van der Waals surface area (Å²) in [6.07, 6.45) is 1.32. The highest BCUT2D eigenvalue weighted by Gasteiger charge is 2.29. The number of aliphatic hydroxyl groups is 1. The Bertz CT molecular complexity index is 463. The fraction of sp³-hybridized carbons (Fsp3) is 0.562. The van der Waals surface area contributed by atoms with Gasteiger partial charge in [-0.1, -0.05) is 0 Å². The normalized spacial score (nSPS) is 17.6. The Hall–Kier alpha value is -1.20. The van der Waals surface area contributed by atoms with Gasteiger partial charge in [-0.15, -0.1) is 11.8 Å². The van der Waals surface area contributed by atoms with Crippen molar-refractivity contribution in [3.8, 4) is 5.75 Å². The number of hydrogen-bond acceptors (Lipinski definition) is 4. The minimum Gasteiger partial charge on any atom is -0.494 e. The molecular formula is C16H23NO3S. The molecule has 0 atom stereocenters. The van der Waals surface area contributed by atoms with Crippen LogP contribution in [0.2, 0.25) is 0 Å². The van der Waals surface area contributed by atoms with Crippen molar-refractivity contribution in [1.82, 2.24) is 4.90 Å². The number of piperidine rings is 1. The summed E-state index contributed by atoms with van der Waals surface area (Å²) in [6, 6.07) is 7.80. The highest BCUT2D eigenvalue weighted by atomic mass is 32.2. The van der Waals surface area contributed by atoms with Gasteiger partial charge in [-0.2, -0.15) is 0 Å². The van der Waals surface area contributed by atoms with E-state index >= 15 is 0 Å². The number of ether oxygens (including phenoxy) is 1. The van der Waals surface area contributed by atoms with Crippen LogP contribution >= 0.6 is 11.8 Å². The van der Waals surface area contributed by atoms with Crippen LogP contribution in [0.1, 0.15) is 26.7 Å². The molecule has 1 N–H and O–H groups in total. The first-order valence-electron chi connectivity index (χ1n) is 7.36. The van der Waals surface area contributed by atoms with E-state index in [4.69, 9.17) is 4.74 Å². The second-order valence-corrected chi connectivity index (χ2v) is 6.62. The number of thioether (sulfide) groups is 1. The lowest BCUT2D eigenvalue weighted by Crippen LogP contribution is -2.45. The van der Waals surface area contributed by atoms with Crippen LogP contribution in [0.4, 0.5) is 0 Å². The van der Waals surface area contributed by atoms with E-state index in [-0.39, 0.29) is 5.91 Å². The maximum atomic E-state index is 12.2. The summed E-state index contributed by atoms with van der Waals surface area (Å²) in [5, 5.41) is 9.90. The molecule has 0 spiro atoms. The molecule has 0 saturated carbocycles. The van der Waals surface area contributed by atoms with Gasteiger partial charge in [-0.3, -0.25) is 4.79 Å². The largest absolute Gasteiger partial charge is 0.494 e. The van der Waals surface area contributed by atoms with Gasteiger partial charge in [0.2, 0.25) is 5.91 Å². The molecule has 0 aromatic heterocycles. The van der Waals surface area contributed by atoms with Gasteiger partial charge >= 0.3 is 0 Å². The van der Waals surface area contributed by atoms with E-state index in [1.54, 1.807) is 0 Å². The molecule has 1 aromatic carbocycles. The van der Waals surface area contributed by atoms with Crippen molar-refractivity contribution in [2.24, 2.45) is 0 Å². The van der Waals surface area contributed by atoms with Gasteiger partial charge in [-0.05, 0) is 51.0 Å². The quantitative estimate of drug-likeness (QED) is 0.849. The van der Waals surface area contributed by atoms with Crippen molar-refractivity contribution in [3.05, 3.63) is 24.3 Å². The number of likely N-dealkylation sites (tertiary alicyclic amines) is 1. The highest BCUT2D eigenvalue weighted by molar-refractivity contribution is 8.00. The topological polar surface area (TPSA) is 49.8 Å². The van der Waals surface area contributed by atoms with Crippen LogP contribution < -0.4 is 4.74 Å². The van der Waals surface area contributed by atoms with Crippen molar-refractivity contribution in [1.29, 1.82) is 0 Å².